The Morgan fingerprint density at radius 1 is 1.12 bits per heavy atom. The van der Waals surface area contributed by atoms with Gasteiger partial charge in [0.25, 0.3) is 0 Å². The molecule has 0 fully saturated rings. The van der Waals surface area contributed by atoms with E-state index in [0.29, 0.717) is 24.6 Å². The Balaban J connectivity index is 2.45. The summed E-state index contributed by atoms with van der Waals surface area (Å²) in [5.74, 6) is 0.440. The number of hydrogen-bond donors (Lipinski definition) is 3. The Morgan fingerprint density at radius 2 is 1.88 bits per heavy atom. The van der Waals surface area contributed by atoms with Crippen LogP contribution >= 0.6 is 0 Å². The third-order valence-electron chi connectivity index (χ3n) is 4.26. The zero-order chi connectivity index (χ0) is 23.9. The molecule has 9 heteroatoms. The third-order valence-corrected chi connectivity index (χ3v) is 4.26. The van der Waals surface area contributed by atoms with Gasteiger partial charge in [-0.15, -0.1) is 0 Å². The first-order chi connectivity index (χ1) is 15.2. The number of rotatable bonds is 14. The number of nitrogens with two attached hydrogens (primary N) is 1. The van der Waals surface area contributed by atoms with Gasteiger partial charge >= 0.3 is 6.09 Å². The van der Waals surface area contributed by atoms with E-state index < -0.39 is 18.2 Å². The van der Waals surface area contributed by atoms with E-state index in [1.165, 1.54) is 14.0 Å². The Hall–Kier alpha value is -3.07. The van der Waals surface area contributed by atoms with E-state index >= 15 is 0 Å². The lowest BCUT2D eigenvalue weighted by molar-refractivity contribution is -0.124. The molecule has 0 saturated heterocycles. The lowest BCUT2D eigenvalue weighted by Crippen LogP contribution is -2.38. The van der Waals surface area contributed by atoms with Gasteiger partial charge < -0.3 is 25.3 Å². The number of unbranched alkanes of at least 4 members (excludes halogenated alkanes) is 2. The minimum atomic E-state index is -0.774. The molecule has 0 aliphatic carbocycles. The van der Waals surface area contributed by atoms with Crippen molar-refractivity contribution in [1.82, 2.24) is 10.6 Å². The second kappa shape index (κ2) is 14.9. The maximum atomic E-state index is 12.0. The predicted molar refractivity (Wildman–Crippen MR) is 121 cm³/mol. The van der Waals surface area contributed by atoms with Gasteiger partial charge in [-0.2, -0.15) is 0 Å². The molecule has 0 saturated carbocycles. The number of allylic oxidation sites excluding steroid dienone is 2. The SMILES string of the molecule is COc1cc(CNC(=O)CCCC/C=C/C(C)C)ccc1OC(=O)NC(C)OCC(N)=O. The van der Waals surface area contributed by atoms with Crippen LogP contribution in [0.4, 0.5) is 4.79 Å². The van der Waals surface area contributed by atoms with Crippen LogP contribution in [0.2, 0.25) is 0 Å². The average Bonchev–Trinajstić information content (AvgIpc) is 2.73. The van der Waals surface area contributed by atoms with Gasteiger partial charge in [0.2, 0.25) is 11.8 Å². The van der Waals surface area contributed by atoms with Crippen LogP contribution in [-0.4, -0.2) is 37.9 Å². The first-order valence-corrected chi connectivity index (χ1v) is 10.7. The maximum absolute atomic E-state index is 12.0. The summed E-state index contributed by atoms with van der Waals surface area (Å²) in [5, 5.41) is 5.30. The van der Waals surface area contributed by atoms with Gasteiger partial charge in [0.15, 0.2) is 11.5 Å². The second-order valence-electron chi connectivity index (χ2n) is 7.63. The van der Waals surface area contributed by atoms with Crippen molar-refractivity contribution in [3.8, 4) is 11.5 Å². The van der Waals surface area contributed by atoms with Crippen LogP contribution in [0.3, 0.4) is 0 Å². The molecule has 0 aromatic heterocycles. The topological polar surface area (TPSA) is 129 Å². The highest BCUT2D eigenvalue weighted by Crippen LogP contribution is 2.28. The highest BCUT2D eigenvalue weighted by molar-refractivity contribution is 5.76. The van der Waals surface area contributed by atoms with Crippen LogP contribution in [0.1, 0.15) is 52.0 Å². The number of primary amides is 1. The van der Waals surface area contributed by atoms with Crippen molar-refractivity contribution in [3.63, 3.8) is 0 Å². The lowest BCUT2D eigenvalue weighted by Gasteiger charge is -2.15. The monoisotopic (exact) mass is 449 g/mol. The van der Waals surface area contributed by atoms with Gasteiger partial charge in [-0.25, -0.2) is 4.79 Å². The number of benzene rings is 1. The first kappa shape index (κ1) is 27.0. The first-order valence-electron chi connectivity index (χ1n) is 10.7. The second-order valence-corrected chi connectivity index (χ2v) is 7.63. The number of carbonyl (C=O) groups is 3. The summed E-state index contributed by atoms with van der Waals surface area (Å²) in [4.78, 5) is 34.7. The summed E-state index contributed by atoms with van der Waals surface area (Å²) in [5.41, 5.74) is 5.79. The minimum absolute atomic E-state index is 0.0125. The number of ether oxygens (including phenoxy) is 3. The van der Waals surface area contributed by atoms with Crippen LogP contribution in [0.15, 0.2) is 30.4 Å². The molecule has 3 amide bonds. The van der Waals surface area contributed by atoms with Crippen molar-refractivity contribution in [1.29, 1.82) is 0 Å². The van der Waals surface area contributed by atoms with Crippen molar-refractivity contribution in [2.24, 2.45) is 11.7 Å². The molecule has 0 spiro atoms. The fourth-order valence-corrected chi connectivity index (χ4v) is 2.66. The molecule has 178 valence electrons. The molecule has 0 aliphatic heterocycles. The lowest BCUT2D eigenvalue weighted by atomic mass is 10.1. The summed E-state index contributed by atoms with van der Waals surface area (Å²) < 4.78 is 15.5. The number of amides is 3. The predicted octanol–water partition coefficient (Wildman–Crippen LogP) is 3.02. The molecule has 1 atom stereocenters. The molecule has 1 aromatic rings. The molecule has 0 aliphatic rings. The number of hydrogen-bond acceptors (Lipinski definition) is 6. The molecular formula is C23H35N3O6. The van der Waals surface area contributed by atoms with Crippen LogP contribution in [0, 0.1) is 5.92 Å². The smallest absolute Gasteiger partial charge is 0.414 e. The molecule has 0 bridgehead atoms. The van der Waals surface area contributed by atoms with Crippen LogP contribution in [0.5, 0.6) is 11.5 Å². The molecular weight excluding hydrogens is 414 g/mol. The Kier molecular flexibility index (Phi) is 12.5. The summed E-state index contributed by atoms with van der Waals surface area (Å²) in [6.45, 7) is 5.83. The number of nitrogens with one attached hydrogen (secondary N) is 2. The van der Waals surface area contributed by atoms with E-state index in [1.54, 1.807) is 18.2 Å². The Bertz CT molecular complexity index is 779. The highest BCUT2D eigenvalue weighted by atomic mass is 16.6. The molecule has 1 unspecified atom stereocenters. The summed E-state index contributed by atoms with van der Waals surface area (Å²) >= 11 is 0. The number of methoxy groups -OCH3 is 1. The van der Waals surface area contributed by atoms with E-state index in [2.05, 4.69) is 36.6 Å². The molecule has 1 aromatic carbocycles. The van der Waals surface area contributed by atoms with Crippen molar-refractivity contribution in [2.45, 2.75) is 59.2 Å². The van der Waals surface area contributed by atoms with E-state index in [9.17, 15) is 14.4 Å². The van der Waals surface area contributed by atoms with Crippen molar-refractivity contribution in [3.05, 3.63) is 35.9 Å². The zero-order valence-corrected chi connectivity index (χ0v) is 19.3. The van der Waals surface area contributed by atoms with Crippen LogP contribution in [-0.2, 0) is 20.9 Å². The van der Waals surface area contributed by atoms with Crippen molar-refractivity contribution in [2.75, 3.05) is 13.7 Å². The summed E-state index contributed by atoms with van der Waals surface area (Å²) in [6, 6.07) is 5.00. The number of carbonyl (C=O) groups excluding carboxylic acids is 3. The third kappa shape index (κ3) is 11.9. The standard InChI is InChI=1S/C23H35N3O6/c1-16(2)9-7-5-6-8-10-22(28)25-14-18-11-12-19(20(13-18)30-4)32-23(29)26-17(3)31-15-21(24)27/h7,9,11-13,16-17H,5-6,8,10,14-15H2,1-4H3,(H2,24,27)(H,25,28)(H,26,29)/b9-7+. The minimum Gasteiger partial charge on any atom is -0.493 e. The molecule has 1 rings (SSSR count). The Labute approximate surface area is 189 Å². The molecule has 9 nitrogen and oxygen atoms in total. The molecule has 32 heavy (non-hydrogen) atoms. The maximum Gasteiger partial charge on any atom is 0.414 e. The van der Waals surface area contributed by atoms with Crippen molar-refractivity contribution >= 4 is 17.9 Å². The average molecular weight is 450 g/mol. The van der Waals surface area contributed by atoms with Gasteiger partial charge in [-0.3, -0.25) is 14.9 Å². The largest absolute Gasteiger partial charge is 0.493 e. The zero-order valence-electron chi connectivity index (χ0n) is 19.3. The van der Waals surface area contributed by atoms with E-state index in [1.807, 2.05) is 0 Å². The van der Waals surface area contributed by atoms with Gasteiger partial charge in [0.1, 0.15) is 12.8 Å². The van der Waals surface area contributed by atoms with Gasteiger partial charge in [0.05, 0.1) is 7.11 Å². The fourth-order valence-electron chi connectivity index (χ4n) is 2.66. The van der Waals surface area contributed by atoms with Gasteiger partial charge in [0, 0.05) is 13.0 Å². The molecule has 0 heterocycles. The van der Waals surface area contributed by atoms with E-state index in [4.69, 9.17) is 19.9 Å². The van der Waals surface area contributed by atoms with E-state index in [0.717, 1.165) is 24.8 Å². The molecule has 0 radical (unpaired) electrons. The summed E-state index contributed by atoms with van der Waals surface area (Å²) in [7, 11) is 1.45. The summed E-state index contributed by atoms with van der Waals surface area (Å²) in [6.07, 6.45) is 6.06. The molecule has 4 N–H and O–H groups in total. The van der Waals surface area contributed by atoms with Gasteiger partial charge in [-0.1, -0.05) is 32.1 Å². The Morgan fingerprint density at radius 3 is 2.53 bits per heavy atom. The van der Waals surface area contributed by atoms with E-state index in [-0.39, 0.29) is 18.3 Å². The van der Waals surface area contributed by atoms with Crippen LogP contribution in [0.25, 0.3) is 0 Å². The quantitative estimate of drug-likeness (QED) is 0.227. The van der Waals surface area contributed by atoms with Crippen molar-refractivity contribution < 1.29 is 28.6 Å². The van der Waals surface area contributed by atoms with Gasteiger partial charge in [-0.05, 0) is 49.8 Å². The normalized spacial score (nSPS) is 11.9. The fraction of sp³-hybridized carbons (Fsp3) is 0.522. The highest BCUT2D eigenvalue weighted by Gasteiger charge is 2.14. The van der Waals surface area contributed by atoms with Crippen LogP contribution < -0.4 is 25.8 Å².